The molecule has 0 radical (unpaired) electrons. The van der Waals surface area contributed by atoms with Gasteiger partial charge in [-0.05, 0) is 66.8 Å². The molecule has 3 heterocycles. The minimum atomic E-state index is -0.120. The highest BCUT2D eigenvalue weighted by molar-refractivity contribution is 5.98. The van der Waals surface area contributed by atoms with Crippen molar-refractivity contribution in [3.8, 4) is 5.75 Å². The van der Waals surface area contributed by atoms with E-state index in [0.717, 1.165) is 37.1 Å². The molecule has 2 amide bonds. The lowest BCUT2D eigenvalue weighted by atomic mass is 9.65. The van der Waals surface area contributed by atoms with E-state index < -0.39 is 0 Å². The van der Waals surface area contributed by atoms with Crippen molar-refractivity contribution in [2.24, 2.45) is 10.8 Å². The lowest BCUT2D eigenvalue weighted by Gasteiger charge is -2.39. The molecule has 2 fully saturated rings. The third kappa shape index (κ3) is 3.62. The standard InChI is InChI=1S/C25H30N2O4/c1-16-5-7-20-19(9-16)26(22(28)13-30-20)12-18-6-8-21(31-18)23(29)27-15-25(4)11-17(27)10-24(2,3)14-25/h5-9,17H,10-15H2,1-4H3/t17-,25-/m1/s1. The molecule has 1 aromatic carbocycles. The largest absolute Gasteiger partial charge is 0.482 e. The van der Waals surface area contributed by atoms with E-state index in [9.17, 15) is 9.59 Å². The molecule has 2 bridgehead atoms. The van der Waals surface area contributed by atoms with Crippen LogP contribution in [0, 0.1) is 17.8 Å². The summed E-state index contributed by atoms with van der Waals surface area (Å²) in [7, 11) is 0. The summed E-state index contributed by atoms with van der Waals surface area (Å²) in [5.41, 5.74) is 2.22. The molecule has 6 nitrogen and oxygen atoms in total. The van der Waals surface area contributed by atoms with Crippen molar-refractivity contribution in [1.29, 1.82) is 0 Å². The summed E-state index contributed by atoms with van der Waals surface area (Å²) in [4.78, 5) is 29.5. The van der Waals surface area contributed by atoms with Crippen LogP contribution in [-0.4, -0.2) is 35.9 Å². The maximum Gasteiger partial charge on any atom is 0.289 e. The molecule has 6 heteroatoms. The fourth-order valence-electron chi connectivity index (χ4n) is 6.06. The van der Waals surface area contributed by atoms with Crippen molar-refractivity contribution in [2.45, 2.75) is 59.5 Å². The molecule has 0 N–H and O–H groups in total. The van der Waals surface area contributed by atoms with Crippen LogP contribution in [0.3, 0.4) is 0 Å². The zero-order valence-electron chi connectivity index (χ0n) is 18.7. The first-order valence-electron chi connectivity index (χ1n) is 11.1. The molecular weight excluding hydrogens is 392 g/mol. The molecule has 3 aliphatic rings. The Bertz CT molecular complexity index is 1060. The normalized spacial score (nSPS) is 26.6. The third-order valence-electron chi connectivity index (χ3n) is 6.92. The summed E-state index contributed by atoms with van der Waals surface area (Å²) >= 11 is 0. The van der Waals surface area contributed by atoms with Gasteiger partial charge in [-0.15, -0.1) is 0 Å². The first-order chi connectivity index (χ1) is 14.6. The average molecular weight is 423 g/mol. The van der Waals surface area contributed by atoms with Crippen molar-refractivity contribution in [3.63, 3.8) is 0 Å². The number of hydrogen-bond acceptors (Lipinski definition) is 4. The molecule has 1 saturated heterocycles. The molecule has 2 aliphatic heterocycles. The number of ether oxygens (including phenoxy) is 1. The number of anilines is 1. The van der Waals surface area contributed by atoms with Crippen LogP contribution in [0.4, 0.5) is 5.69 Å². The Morgan fingerprint density at radius 1 is 1.16 bits per heavy atom. The molecule has 0 unspecified atom stereocenters. The summed E-state index contributed by atoms with van der Waals surface area (Å²) < 4.78 is 11.5. The molecule has 31 heavy (non-hydrogen) atoms. The van der Waals surface area contributed by atoms with Crippen molar-refractivity contribution < 1.29 is 18.7 Å². The minimum absolute atomic E-state index is 0.00633. The van der Waals surface area contributed by atoms with Gasteiger partial charge in [0.2, 0.25) is 0 Å². The van der Waals surface area contributed by atoms with Gasteiger partial charge in [0.1, 0.15) is 11.5 Å². The third-order valence-corrected chi connectivity index (χ3v) is 6.92. The Kier molecular flexibility index (Phi) is 4.47. The van der Waals surface area contributed by atoms with Gasteiger partial charge in [-0.1, -0.05) is 26.8 Å². The van der Waals surface area contributed by atoms with Gasteiger partial charge in [0.15, 0.2) is 12.4 Å². The van der Waals surface area contributed by atoms with Crippen LogP contribution in [0.15, 0.2) is 34.7 Å². The van der Waals surface area contributed by atoms with Crippen LogP contribution >= 0.6 is 0 Å². The first-order valence-corrected chi connectivity index (χ1v) is 11.1. The number of hydrogen-bond donors (Lipinski definition) is 0. The van der Waals surface area contributed by atoms with E-state index in [1.165, 1.54) is 0 Å². The number of carbonyl (C=O) groups is 2. The van der Waals surface area contributed by atoms with Crippen LogP contribution < -0.4 is 9.64 Å². The first kappa shape index (κ1) is 20.2. The van der Waals surface area contributed by atoms with Crippen LogP contribution in [0.2, 0.25) is 0 Å². The zero-order valence-corrected chi connectivity index (χ0v) is 18.7. The fourth-order valence-corrected chi connectivity index (χ4v) is 6.06. The van der Waals surface area contributed by atoms with Crippen molar-refractivity contribution >= 4 is 17.5 Å². The Hall–Kier alpha value is -2.76. The number of fused-ring (bicyclic) bond motifs is 3. The van der Waals surface area contributed by atoms with E-state index in [1.54, 1.807) is 17.0 Å². The van der Waals surface area contributed by atoms with Crippen LogP contribution in [-0.2, 0) is 11.3 Å². The van der Waals surface area contributed by atoms with E-state index >= 15 is 0 Å². The maximum atomic E-state index is 13.3. The summed E-state index contributed by atoms with van der Waals surface area (Å²) in [6.45, 7) is 9.95. The average Bonchev–Trinajstić information content (AvgIpc) is 3.24. The molecule has 1 aliphatic carbocycles. The molecule has 2 aromatic rings. The number of carbonyl (C=O) groups excluding carboxylic acids is 2. The van der Waals surface area contributed by atoms with Gasteiger partial charge < -0.3 is 14.1 Å². The molecule has 1 aromatic heterocycles. The highest BCUT2D eigenvalue weighted by Gasteiger charge is 2.51. The quantitative estimate of drug-likeness (QED) is 0.728. The number of likely N-dealkylation sites (tertiary alicyclic amines) is 1. The predicted molar refractivity (Wildman–Crippen MR) is 117 cm³/mol. The Balaban J connectivity index is 1.35. The Morgan fingerprint density at radius 3 is 2.77 bits per heavy atom. The highest BCUT2D eigenvalue weighted by atomic mass is 16.5. The number of rotatable bonds is 3. The maximum absolute atomic E-state index is 13.3. The van der Waals surface area contributed by atoms with Crippen molar-refractivity contribution in [1.82, 2.24) is 4.90 Å². The molecule has 1 saturated carbocycles. The molecule has 0 spiro atoms. The minimum Gasteiger partial charge on any atom is -0.482 e. The van der Waals surface area contributed by atoms with Gasteiger partial charge in [-0.2, -0.15) is 0 Å². The highest BCUT2D eigenvalue weighted by Crippen LogP contribution is 2.52. The second-order valence-corrected chi connectivity index (χ2v) is 10.7. The monoisotopic (exact) mass is 422 g/mol. The van der Waals surface area contributed by atoms with E-state index in [0.29, 0.717) is 17.3 Å². The molecule has 2 atom stereocenters. The second-order valence-electron chi connectivity index (χ2n) is 10.7. The second kappa shape index (κ2) is 6.87. The molecule has 5 rings (SSSR count). The van der Waals surface area contributed by atoms with E-state index in [2.05, 4.69) is 20.8 Å². The Morgan fingerprint density at radius 2 is 1.97 bits per heavy atom. The van der Waals surface area contributed by atoms with Crippen LogP contribution in [0.1, 0.15) is 61.9 Å². The van der Waals surface area contributed by atoms with E-state index in [1.807, 2.05) is 30.0 Å². The predicted octanol–water partition coefficient (Wildman–Crippen LogP) is 4.55. The van der Waals surface area contributed by atoms with E-state index in [-0.39, 0.29) is 41.8 Å². The smallest absolute Gasteiger partial charge is 0.289 e. The summed E-state index contributed by atoms with van der Waals surface area (Å²) in [6.07, 6.45) is 3.23. The zero-order chi connectivity index (χ0) is 22.0. The van der Waals surface area contributed by atoms with Crippen LogP contribution in [0.25, 0.3) is 0 Å². The number of aryl methyl sites for hydroxylation is 1. The van der Waals surface area contributed by atoms with Crippen molar-refractivity contribution in [3.05, 3.63) is 47.4 Å². The summed E-state index contributed by atoms with van der Waals surface area (Å²) in [5, 5.41) is 0. The lowest BCUT2D eigenvalue weighted by molar-refractivity contribution is -0.121. The van der Waals surface area contributed by atoms with E-state index in [4.69, 9.17) is 9.15 Å². The van der Waals surface area contributed by atoms with Gasteiger partial charge in [0.05, 0.1) is 12.2 Å². The van der Waals surface area contributed by atoms with Gasteiger partial charge in [0, 0.05) is 12.6 Å². The molecule has 164 valence electrons. The van der Waals surface area contributed by atoms with Crippen molar-refractivity contribution in [2.75, 3.05) is 18.1 Å². The van der Waals surface area contributed by atoms with Gasteiger partial charge >= 0.3 is 0 Å². The summed E-state index contributed by atoms with van der Waals surface area (Å²) in [5.74, 6) is 1.48. The number of nitrogens with zero attached hydrogens (tertiary/aromatic N) is 2. The topological polar surface area (TPSA) is 63.0 Å². The molecular formula is C25H30N2O4. The SMILES string of the molecule is Cc1ccc2c(c1)N(Cc1ccc(C(=O)N3C[C@]4(C)C[C@H]3CC(C)(C)C4)o1)C(=O)CO2. The summed E-state index contributed by atoms with van der Waals surface area (Å²) in [6, 6.07) is 9.60. The number of amides is 2. The Labute approximate surface area is 183 Å². The van der Waals surface area contributed by atoms with Gasteiger partial charge in [0.25, 0.3) is 11.8 Å². The van der Waals surface area contributed by atoms with Gasteiger partial charge in [-0.3, -0.25) is 14.5 Å². The number of benzene rings is 1. The lowest BCUT2D eigenvalue weighted by Crippen LogP contribution is -2.38. The fraction of sp³-hybridized carbons (Fsp3) is 0.520. The van der Waals surface area contributed by atoms with Crippen LogP contribution in [0.5, 0.6) is 5.75 Å². The number of furan rings is 1. The van der Waals surface area contributed by atoms with Gasteiger partial charge in [-0.25, -0.2) is 0 Å².